The molecule has 1 atom stereocenters. The van der Waals surface area contributed by atoms with Crippen molar-refractivity contribution in [2.45, 2.75) is 45.8 Å². The van der Waals surface area contributed by atoms with Gasteiger partial charge in [0.05, 0.1) is 29.8 Å². The molecule has 0 bridgehead atoms. The fraction of sp³-hybridized carbons (Fsp3) is 0.556. The number of rotatable bonds is 6. The van der Waals surface area contributed by atoms with Crippen LogP contribution in [-0.4, -0.2) is 48.6 Å². The summed E-state index contributed by atoms with van der Waals surface area (Å²) in [4.78, 5) is 26.0. The normalized spacial score (nSPS) is 18.2. The molecule has 0 radical (unpaired) electrons. The summed E-state index contributed by atoms with van der Waals surface area (Å²) < 4.78 is 5.69. The first-order chi connectivity index (χ1) is 11.9. The van der Waals surface area contributed by atoms with Crippen LogP contribution in [0, 0.1) is 0 Å². The van der Waals surface area contributed by atoms with Crippen LogP contribution in [0.5, 0.6) is 0 Å². The Morgan fingerprint density at radius 1 is 1.32 bits per heavy atom. The minimum Gasteiger partial charge on any atom is -0.375 e. The number of anilines is 2. The molecule has 0 saturated carbocycles. The maximum Gasteiger partial charge on any atom is 0.227 e. The maximum absolute atomic E-state index is 12.3. The smallest absolute Gasteiger partial charge is 0.227 e. The van der Waals surface area contributed by atoms with Gasteiger partial charge in [0, 0.05) is 31.2 Å². The fourth-order valence-electron chi connectivity index (χ4n) is 2.69. The van der Waals surface area contributed by atoms with E-state index in [9.17, 15) is 9.59 Å². The molecule has 6 nitrogen and oxygen atoms in total. The third kappa shape index (κ3) is 5.99. The summed E-state index contributed by atoms with van der Waals surface area (Å²) in [5.74, 6) is -0.222. The first-order valence-electron chi connectivity index (χ1n) is 8.64. The highest BCUT2D eigenvalue weighted by Crippen LogP contribution is 2.26. The first kappa shape index (κ1) is 19.7. The molecule has 138 valence electrons. The van der Waals surface area contributed by atoms with Crippen molar-refractivity contribution < 1.29 is 14.3 Å². The van der Waals surface area contributed by atoms with Crippen molar-refractivity contribution in [1.82, 2.24) is 4.90 Å². The average Bonchev–Trinajstić information content (AvgIpc) is 2.57. The van der Waals surface area contributed by atoms with Crippen LogP contribution in [0.3, 0.4) is 0 Å². The van der Waals surface area contributed by atoms with Crippen LogP contribution < -0.4 is 10.6 Å². The van der Waals surface area contributed by atoms with Crippen molar-refractivity contribution in [3.8, 4) is 0 Å². The monoisotopic (exact) mass is 367 g/mol. The third-order valence-electron chi connectivity index (χ3n) is 4.16. The summed E-state index contributed by atoms with van der Waals surface area (Å²) >= 11 is 6.16. The topological polar surface area (TPSA) is 70.7 Å². The zero-order valence-electron chi connectivity index (χ0n) is 15.0. The van der Waals surface area contributed by atoms with Gasteiger partial charge in [-0.3, -0.25) is 14.5 Å². The van der Waals surface area contributed by atoms with Crippen molar-refractivity contribution >= 4 is 34.8 Å². The van der Waals surface area contributed by atoms with Gasteiger partial charge in [-0.15, -0.1) is 0 Å². The van der Waals surface area contributed by atoms with Crippen molar-refractivity contribution in [3.63, 3.8) is 0 Å². The van der Waals surface area contributed by atoms with Crippen molar-refractivity contribution in [2.24, 2.45) is 0 Å². The van der Waals surface area contributed by atoms with E-state index >= 15 is 0 Å². The van der Waals surface area contributed by atoms with Gasteiger partial charge in [0.25, 0.3) is 0 Å². The number of nitrogens with zero attached hydrogens (tertiary/aromatic N) is 1. The molecule has 2 N–H and O–H groups in total. The molecule has 0 unspecified atom stereocenters. The Labute approximate surface area is 153 Å². The minimum atomic E-state index is -0.114. The molecule has 0 aromatic heterocycles. The second-order valence-electron chi connectivity index (χ2n) is 6.43. The Morgan fingerprint density at radius 3 is 2.72 bits per heavy atom. The highest BCUT2D eigenvalue weighted by atomic mass is 35.5. The van der Waals surface area contributed by atoms with E-state index in [0.29, 0.717) is 41.9 Å². The SMILES string of the molecule is CCC(=O)Nc1ccc(NC(=O)C[C@H]2CN(C(C)C)CCO2)cc1Cl. The molecule has 0 aliphatic carbocycles. The fourth-order valence-corrected chi connectivity index (χ4v) is 2.91. The average molecular weight is 368 g/mol. The number of hydrogen-bond acceptors (Lipinski definition) is 4. The van der Waals surface area contributed by atoms with Gasteiger partial charge < -0.3 is 15.4 Å². The van der Waals surface area contributed by atoms with Crippen LogP contribution in [0.2, 0.25) is 5.02 Å². The number of carbonyl (C=O) groups is 2. The predicted octanol–water partition coefficient (Wildman–Crippen LogP) is 3.13. The van der Waals surface area contributed by atoms with E-state index in [1.165, 1.54) is 0 Å². The molecule has 25 heavy (non-hydrogen) atoms. The van der Waals surface area contributed by atoms with Gasteiger partial charge in [0.15, 0.2) is 0 Å². The van der Waals surface area contributed by atoms with Gasteiger partial charge in [-0.25, -0.2) is 0 Å². The van der Waals surface area contributed by atoms with Gasteiger partial charge in [0.2, 0.25) is 11.8 Å². The Hall–Kier alpha value is -1.63. The lowest BCUT2D eigenvalue weighted by Crippen LogP contribution is -2.46. The van der Waals surface area contributed by atoms with Crippen LogP contribution in [0.15, 0.2) is 18.2 Å². The number of carbonyl (C=O) groups excluding carboxylic acids is 2. The van der Waals surface area contributed by atoms with Crippen molar-refractivity contribution in [1.29, 1.82) is 0 Å². The minimum absolute atomic E-state index is 0.102. The quantitative estimate of drug-likeness (QED) is 0.810. The molecule has 1 aromatic carbocycles. The second-order valence-corrected chi connectivity index (χ2v) is 6.84. The van der Waals surface area contributed by atoms with Gasteiger partial charge >= 0.3 is 0 Å². The van der Waals surface area contributed by atoms with Crippen LogP contribution in [0.1, 0.15) is 33.6 Å². The van der Waals surface area contributed by atoms with Gasteiger partial charge in [-0.05, 0) is 32.0 Å². The zero-order chi connectivity index (χ0) is 18.4. The summed E-state index contributed by atoms with van der Waals surface area (Å²) in [5, 5.41) is 5.93. The van der Waals surface area contributed by atoms with Crippen LogP contribution in [-0.2, 0) is 14.3 Å². The van der Waals surface area contributed by atoms with Crippen LogP contribution >= 0.6 is 11.6 Å². The number of nitrogens with one attached hydrogen (secondary N) is 2. The van der Waals surface area contributed by atoms with E-state index in [1.54, 1.807) is 25.1 Å². The molecular weight excluding hydrogens is 342 g/mol. The summed E-state index contributed by atoms with van der Waals surface area (Å²) in [6.45, 7) is 8.36. The molecule has 7 heteroatoms. The number of hydrogen-bond donors (Lipinski definition) is 2. The first-order valence-corrected chi connectivity index (χ1v) is 9.01. The largest absolute Gasteiger partial charge is 0.375 e. The van der Waals surface area contributed by atoms with E-state index < -0.39 is 0 Å². The summed E-state index contributed by atoms with van der Waals surface area (Å²) in [5.41, 5.74) is 1.13. The highest BCUT2D eigenvalue weighted by molar-refractivity contribution is 6.34. The van der Waals surface area contributed by atoms with Gasteiger partial charge in [0.1, 0.15) is 0 Å². The van der Waals surface area contributed by atoms with E-state index in [1.807, 2.05) is 0 Å². The summed E-state index contributed by atoms with van der Waals surface area (Å²) in [7, 11) is 0. The van der Waals surface area contributed by atoms with Gasteiger partial charge in [-0.2, -0.15) is 0 Å². The zero-order valence-corrected chi connectivity index (χ0v) is 15.7. The number of amides is 2. The third-order valence-corrected chi connectivity index (χ3v) is 4.47. The van der Waals surface area contributed by atoms with Crippen molar-refractivity contribution in [3.05, 3.63) is 23.2 Å². The molecule has 1 fully saturated rings. The predicted molar refractivity (Wildman–Crippen MR) is 100 cm³/mol. The molecule has 0 spiro atoms. The maximum atomic E-state index is 12.3. The Morgan fingerprint density at radius 2 is 2.08 bits per heavy atom. The van der Waals surface area contributed by atoms with Crippen LogP contribution in [0.4, 0.5) is 11.4 Å². The lowest BCUT2D eigenvalue weighted by molar-refractivity contribution is -0.121. The number of ether oxygens (including phenoxy) is 1. The van der Waals surface area contributed by atoms with E-state index in [2.05, 4.69) is 29.4 Å². The standard InChI is InChI=1S/C18H26ClN3O3/c1-4-17(23)21-16-6-5-13(9-15(16)19)20-18(24)10-14-11-22(12(2)3)7-8-25-14/h5-6,9,12,14H,4,7-8,10-11H2,1-3H3,(H,20,24)(H,21,23)/t14-/m0/s1. The molecule has 2 rings (SSSR count). The summed E-state index contributed by atoms with van der Waals surface area (Å²) in [6.07, 6.45) is 0.577. The number of halogens is 1. The second kappa shape index (κ2) is 9.17. The lowest BCUT2D eigenvalue weighted by atomic mass is 10.1. The van der Waals surface area contributed by atoms with E-state index in [0.717, 1.165) is 13.1 Å². The molecule has 1 aliphatic heterocycles. The Kier molecular flexibility index (Phi) is 7.23. The van der Waals surface area contributed by atoms with Gasteiger partial charge in [-0.1, -0.05) is 18.5 Å². The van der Waals surface area contributed by atoms with Crippen LogP contribution in [0.25, 0.3) is 0 Å². The molecule has 1 heterocycles. The lowest BCUT2D eigenvalue weighted by Gasteiger charge is -2.35. The molecule has 1 saturated heterocycles. The Balaban J connectivity index is 1.90. The Bertz CT molecular complexity index is 622. The molecule has 1 aliphatic rings. The molecule has 1 aromatic rings. The molecular formula is C18H26ClN3O3. The van der Waals surface area contributed by atoms with Crippen molar-refractivity contribution in [2.75, 3.05) is 30.3 Å². The number of morpholine rings is 1. The van der Waals surface area contributed by atoms with E-state index in [4.69, 9.17) is 16.3 Å². The van der Waals surface area contributed by atoms with E-state index in [-0.39, 0.29) is 17.9 Å². The highest BCUT2D eigenvalue weighted by Gasteiger charge is 2.24. The molecule has 2 amide bonds. The summed E-state index contributed by atoms with van der Waals surface area (Å²) in [6, 6.07) is 5.48. The number of benzene rings is 1.